The highest BCUT2D eigenvalue weighted by Gasteiger charge is 2.27. The van der Waals surface area contributed by atoms with Gasteiger partial charge in [0, 0.05) is 11.0 Å². The van der Waals surface area contributed by atoms with Crippen molar-refractivity contribution in [3.05, 3.63) is 11.1 Å². The van der Waals surface area contributed by atoms with Gasteiger partial charge in [0.05, 0.1) is 0 Å². The Morgan fingerprint density at radius 3 is 2.85 bits per heavy atom. The summed E-state index contributed by atoms with van der Waals surface area (Å²) in [7, 11) is 0. The smallest absolute Gasteiger partial charge is 0.320 e. The van der Waals surface area contributed by atoms with E-state index < -0.39 is 5.97 Å². The molecule has 1 aliphatic rings. The Bertz CT molecular complexity index is 218. The van der Waals surface area contributed by atoms with E-state index in [1.165, 1.54) is 0 Å². The van der Waals surface area contributed by atoms with Crippen LogP contribution in [0.5, 0.6) is 0 Å². The summed E-state index contributed by atoms with van der Waals surface area (Å²) in [5, 5.41) is 8.93. The first-order chi connectivity index (χ1) is 6.11. The summed E-state index contributed by atoms with van der Waals surface area (Å²) >= 11 is 3.26. The third kappa shape index (κ3) is 3.12. The molecule has 1 unspecified atom stereocenters. The third-order valence-corrected chi connectivity index (χ3v) is 2.52. The maximum absolute atomic E-state index is 10.9. The predicted octanol–water partition coefficient (Wildman–Crippen LogP) is 1.83. The summed E-state index contributed by atoms with van der Waals surface area (Å²) in [5.74, 6) is -0.714. The van der Waals surface area contributed by atoms with Crippen molar-refractivity contribution in [3.8, 4) is 0 Å². The summed E-state index contributed by atoms with van der Waals surface area (Å²) in [6.07, 6.45) is 2.86. The van der Waals surface area contributed by atoms with Crippen LogP contribution < -0.4 is 0 Å². The quantitative estimate of drug-likeness (QED) is 0.828. The van der Waals surface area contributed by atoms with E-state index in [4.69, 9.17) is 5.11 Å². The second-order valence-corrected chi connectivity index (χ2v) is 4.46. The van der Waals surface area contributed by atoms with E-state index in [0.29, 0.717) is 6.54 Å². The van der Waals surface area contributed by atoms with Gasteiger partial charge in [0.1, 0.15) is 6.04 Å². The van der Waals surface area contributed by atoms with Crippen LogP contribution >= 0.6 is 15.9 Å². The van der Waals surface area contributed by atoms with Gasteiger partial charge in [0.2, 0.25) is 0 Å². The van der Waals surface area contributed by atoms with Crippen molar-refractivity contribution in [2.24, 2.45) is 0 Å². The molecule has 4 heteroatoms. The Labute approximate surface area is 86.5 Å². The molecule has 3 nitrogen and oxygen atoms in total. The minimum atomic E-state index is -0.714. The van der Waals surface area contributed by atoms with E-state index in [1.54, 1.807) is 0 Å². The maximum atomic E-state index is 10.9. The van der Waals surface area contributed by atoms with Crippen molar-refractivity contribution in [1.29, 1.82) is 0 Å². The van der Waals surface area contributed by atoms with Crippen LogP contribution in [0.2, 0.25) is 0 Å². The molecular weight excluding hydrogens is 234 g/mol. The Morgan fingerprint density at radius 1 is 1.62 bits per heavy atom. The first-order valence-electron chi connectivity index (χ1n) is 4.41. The summed E-state index contributed by atoms with van der Waals surface area (Å²) in [5.41, 5.74) is 0. The van der Waals surface area contributed by atoms with E-state index in [-0.39, 0.29) is 6.04 Å². The normalized spacial score (nSPS) is 24.2. The number of piperidine rings is 1. The lowest BCUT2D eigenvalue weighted by Gasteiger charge is -2.32. The van der Waals surface area contributed by atoms with Crippen LogP contribution in [0.1, 0.15) is 19.3 Å². The van der Waals surface area contributed by atoms with Crippen molar-refractivity contribution in [3.63, 3.8) is 0 Å². The second kappa shape index (κ2) is 4.77. The average Bonchev–Trinajstić information content (AvgIpc) is 2.03. The van der Waals surface area contributed by atoms with E-state index >= 15 is 0 Å². The molecule has 1 aliphatic heterocycles. The molecule has 13 heavy (non-hydrogen) atoms. The van der Waals surface area contributed by atoms with Crippen LogP contribution in [0, 0.1) is 0 Å². The molecule has 74 valence electrons. The summed E-state index contributed by atoms with van der Waals surface area (Å²) in [4.78, 5) is 12.8. The number of halogens is 1. The number of carbonyl (C=O) groups is 1. The zero-order valence-corrected chi connectivity index (χ0v) is 9.09. The SMILES string of the molecule is C=C(Br)CN1CCCCC1C(=O)O. The van der Waals surface area contributed by atoms with E-state index in [9.17, 15) is 4.79 Å². The molecule has 0 aromatic rings. The number of aliphatic carboxylic acids is 1. The van der Waals surface area contributed by atoms with Crippen LogP contribution in [0.15, 0.2) is 11.1 Å². The summed E-state index contributed by atoms with van der Waals surface area (Å²) in [6.45, 7) is 5.22. The number of nitrogens with zero attached hydrogens (tertiary/aromatic N) is 1. The van der Waals surface area contributed by atoms with Gasteiger partial charge in [-0.15, -0.1) is 0 Å². The molecule has 1 rings (SSSR count). The zero-order chi connectivity index (χ0) is 9.84. The van der Waals surface area contributed by atoms with Crippen molar-refractivity contribution in [2.45, 2.75) is 25.3 Å². The first kappa shape index (κ1) is 10.7. The van der Waals surface area contributed by atoms with Gasteiger partial charge in [-0.3, -0.25) is 9.69 Å². The fraction of sp³-hybridized carbons (Fsp3) is 0.667. The monoisotopic (exact) mass is 247 g/mol. The molecule has 0 aromatic carbocycles. The lowest BCUT2D eigenvalue weighted by atomic mass is 10.0. The molecule has 1 fully saturated rings. The molecule has 1 atom stereocenters. The number of rotatable bonds is 3. The van der Waals surface area contributed by atoms with Crippen LogP contribution in [-0.2, 0) is 4.79 Å². The van der Waals surface area contributed by atoms with Crippen molar-refractivity contribution >= 4 is 21.9 Å². The fourth-order valence-corrected chi connectivity index (χ4v) is 2.00. The Hall–Kier alpha value is -0.350. The van der Waals surface area contributed by atoms with E-state index in [1.807, 2.05) is 4.90 Å². The fourth-order valence-electron chi connectivity index (χ4n) is 1.68. The molecule has 1 N–H and O–H groups in total. The van der Waals surface area contributed by atoms with Crippen molar-refractivity contribution < 1.29 is 9.90 Å². The topological polar surface area (TPSA) is 40.5 Å². The number of carboxylic acid groups (broad SMARTS) is 1. The Kier molecular flexibility index (Phi) is 3.93. The van der Waals surface area contributed by atoms with Gasteiger partial charge < -0.3 is 5.11 Å². The Balaban J connectivity index is 2.56. The molecule has 1 heterocycles. The number of carboxylic acids is 1. The highest BCUT2D eigenvalue weighted by Crippen LogP contribution is 2.19. The largest absolute Gasteiger partial charge is 0.480 e. The van der Waals surface area contributed by atoms with E-state index in [2.05, 4.69) is 22.5 Å². The Morgan fingerprint density at radius 2 is 2.31 bits per heavy atom. The molecule has 0 aromatic heterocycles. The predicted molar refractivity (Wildman–Crippen MR) is 54.9 cm³/mol. The van der Waals surface area contributed by atoms with Crippen molar-refractivity contribution in [1.82, 2.24) is 4.90 Å². The first-order valence-corrected chi connectivity index (χ1v) is 5.20. The molecule has 0 radical (unpaired) electrons. The van der Waals surface area contributed by atoms with Gasteiger partial charge in [-0.1, -0.05) is 28.9 Å². The third-order valence-electron chi connectivity index (χ3n) is 2.27. The van der Waals surface area contributed by atoms with Gasteiger partial charge in [-0.05, 0) is 19.4 Å². The minimum absolute atomic E-state index is 0.317. The number of hydrogen-bond donors (Lipinski definition) is 1. The van der Waals surface area contributed by atoms with Crippen LogP contribution in [0.4, 0.5) is 0 Å². The standard InChI is InChI=1S/C9H14BrNO2/c1-7(10)6-11-5-3-2-4-8(11)9(12)13/h8H,1-6H2,(H,12,13). The summed E-state index contributed by atoms with van der Waals surface area (Å²) in [6, 6.07) is -0.317. The van der Waals surface area contributed by atoms with Gasteiger partial charge in [-0.2, -0.15) is 0 Å². The van der Waals surface area contributed by atoms with Crippen molar-refractivity contribution in [2.75, 3.05) is 13.1 Å². The average molecular weight is 248 g/mol. The maximum Gasteiger partial charge on any atom is 0.320 e. The van der Waals surface area contributed by atoms with Crippen LogP contribution in [0.3, 0.4) is 0 Å². The van der Waals surface area contributed by atoms with Gasteiger partial charge in [-0.25, -0.2) is 0 Å². The highest BCUT2D eigenvalue weighted by atomic mass is 79.9. The van der Waals surface area contributed by atoms with E-state index in [0.717, 1.165) is 30.3 Å². The van der Waals surface area contributed by atoms with Gasteiger partial charge in [0.25, 0.3) is 0 Å². The molecule has 0 amide bonds. The lowest BCUT2D eigenvalue weighted by Crippen LogP contribution is -2.44. The molecule has 0 bridgehead atoms. The molecule has 0 spiro atoms. The minimum Gasteiger partial charge on any atom is -0.480 e. The summed E-state index contributed by atoms with van der Waals surface area (Å²) < 4.78 is 0.848. The molecule has 0 saturated carbocycles. The van der Waals surface area contributed by atoms with Crippen LogP contribution in [-0.4, -0.2) is 35.1 Å². The van der Waals surface area contributed by atoms with Gasteiger partial charge in [0.15, 0.2) is 0 Å². The van der Waals surface area contributed by atoms with Gasteiger partial charge >= 0.3 is 5.97 Å². The lowest BCUT2D eigenvalue weighted by molar-refractivity contribution is -0.144. The molecule has 1 saturated heterocycles. The zero-order valence-electron chi connectivity index (χ0n) is 7.50. The van der Waals surface area contributed by atoms with Crippen LogP contribution in [0.25, 0.3) is 0 Å². The number of hydrogen-bond acceptors (Lipinski definition) is 2. The molecular formula is C9H14BrNO2. The highest BCUT2D eigenvalue weighted by molar-refractivity contribution is 9.11. The second-order valence-electron chi connectivity index (χ2n) is 3.34. The molecule has 0 aliphatic carbocycles. The number of likely N-dealkylation sites (tertiary alicyclic amines) is 1.